The number of hydrogen-bond donors (Lipinski definition) is 1. The van der Waals surface area contributed by atoms with E-state index in [1.807, 2.05) is 36.3 Å². The molecule has 3 nitrogen and oxygen atoms in total. The van der Waals surface area contributed by atoms with Gasteiger partial charge in [0.2, 0.25) is 0 Å². The van der Waals surface area contributed by atoms with E-state index >= 15 is 0 Å². The maximum absolute atomic E-state index is 4.38. The van der Waals surface area contributed by atoms with Crippen molar-refractivity contribution >= 4 is 5.82 Å². The van der Waals surface area contributed by atoms with E-state index < -0.39 is 0 Å². The van der Waals surface area contributed by atoms with E-state index in [2.05, 4.69) is 16.5 Å². The maximum atomic E-state index is 4.38. The van der Waals surface area contributed by atoms with E-state index in [1.165, 1.54) is 0 Å². The second kappa shape index (κ2) is 2.85. The fourth-order valence-electron chi connectivity index (χ4n) is 1.19. The smallest absolute Gasteiger partial charge is 0.147 e. The van der Waals surface area contributed by atoms with E-state index in [9.17, 15) is 0 Å². The van der Waals surface area contributed by atoms with Crippen molar-refractivity contribution in [1.82, 2.24) is 10.4 Å². The number of hydrazine groups is 1. The molecule has 1 aromatic rings. The second-order valence-electron chi connectivity index (χ2n) is 2.78. The molecule has 0 saturated heterocycles. The number of nitrogens with zero attached hydrogens (tertiary/aromatic N) is 2. The molecule has 0 aromatic carbocycles. The number of pyridine rings is 1. The monoisotopic (exact) mass is 161 g/mol. The summed E-state index contributed by atoms with van der Waals surface area (Å²) in [5, 5.41) is 1.99. The first kappa shape index (κ1) is 7.16. The third-order valence-corrected chi connectivity index (χ3v) is 1.79. The van der Waals surface area contributed by atoms with Crippen LogP contribution in [0.15, 0.2) is 30.5 Å². The second-order valence-corrected chi connectivity index (χ2v) is 2.78. The summed E-state index contributed by atoms with van der Waals surface area (Å²) in [5.74, 6) is 0.972. The summed E-state index contributed by atoms with van der Waals surface area (Å²) in [5.41, 5.74) is 4.13. The van der Waals surface area contributed by atoms with Crippen LogP contribution in [0.2, 0.25) is 0 Å². The van der Waals surface area contributed by atoms with Gasteiger partial charge in [-0.25, -0.2) is 4.98 Å². The van der Waals surface area contributed by atoms with Gasteiger partial charge < -0.3 is 5.43 Å². The highest BCUT2D eigenvalue weighted by Gasteiger charge is 2.06. The van der Waals surface area contributed by atoms with E-state index in [0.29, 0.717) is 0 Å². The molecule has 0 saturated carbocycles. The Morgan fingerprint density at radius 3 is 3.08 bits per heavy atom. The highest BCUT2D eigenvalue weighted by atomic mass is 15.5. The highest BCUT2D eigenvalue weighted by molar-refractivity contribution is 5.40. The number of anilines is 1. The summed E-state index contributed by atoms with van der Waals surface area (Å²) in [4.78, 5) is 4.38. The number of hydrogen-bond acceptors (Lipinski definition) is 3. The molecule has 2 rings (SSSR count). The molecule has 1 N–H and O–H groups in total. The van der Waals surface area contributed by atoms with E-state index in [4.69, 9.17) is 0 Å². The summed E-state index contributed by atoms with van der Waals surface area (Å²) in [6.07, 6.45) is 3.98. The van der Waals surface area contributed by atoms with Crippen LogP contribution < -0.4 is 10.4 Å². The van der Waals surface area contributed by atoms with Crippen LogP contribution in [0.5, 0.6) is 0 Å². The van der Waals surface area contributed by atoms with Gasteiger partial charge in [0, 0.05) is 11.9 Å². The van der Waals surface area contributed by atoms with Crippen molar-refractivity contribution < 1.29 is 0 Å². The zero-order chi connectivity index (χ0) is 8.39. The molecule has 1 aliphatic heterocycles. The molecule has 0 aliphatic carbocycles. The van der Waals surface area contributed by atoms with Gasteiger partial charge in [-0.15, -0.1) is 0 Å². The van der Waals surface area contributed by atoms with Crippen molar-refractivity contribution in [3.05, 3.63) is 36.2 Å². The number of aromatic nitrogens is 1. The van der Waals surface area contributed by atoms with Crippen molar-refractivity contribution in [3.8, 4) is 0 Å². The van der Waals surface area contributed by atoms with Crippen LogP contribution in [0, 0.1) is 6.92 Å². The molecule has 0 bridgehead atoms. The van der Waals surface area contributed by atoms with Gasteiger partial charge in [0.15, 0.2) is 0 Å². The van der Waals surface area contributed by atoms with E-state index in [-0.39, 0.29) is 0 Å². The minimum atomic E-state index is 0.885. The number of rotatable bonds is 1. The molecule has 0 spiro atoms. The summed E-state index contributed by atoms with van der Waals surface area (Å²) in [6, 6.07) is 6.00. The van der Waals surface area contributed by atoms with Crippen molar-refractivity contribution in [2.45, 2.75) is 6.92 Å². The SMILES string of the molecule is Cc1cccc(N2CC=CN2)n1. The fourth-order valence-corrected chi connectivity index (χ4v) is 1.19. The van der Waals surface area contributed by atoms with Crippen LogP contribution in [0.25, 0.3) is 0 Å². The predicted octanol–water partition coefficient (Wildman–Crippen LogP) is 1.23. The molecule has 0 atom stereocenters. The Balaban J connectivity index is 2.22. The van der Waals surface area contributed by atoms with Gasteiger partial charge in [0.05, 0.1) is 6.54 Å². The van der Waals surface area contributed by atoms with Gasteiger partial charge in [-0.2, -0.15) is 0 Å². The highest BCUT2D eigenvalue weighted by Crippen LogP contribution is 2.10. The zero-order valence-electron chi connectivity index (χ0n) is 6.99. The first-order valence-corrected chi connectivity index (χ1v) is 3.98. The lowest BCUT2D eigenvalue weighted by Crippen LogP contribution is -2.30. The molecule has 1 aromatic heterocycles. The van der Waals surface area contributed by atoms with Crippen LogP contribution in [0.3, 0.4) is 0 Å². The molecule has 2 heterocycles. The molecular formula is C9H11N3. The fraction of sp³-hybridized carbons (Fsp3) is 0.222. The Bertz CT molecular complexity index is 298. The Labute approximate surface area is 71.7 Å². The van der Waals surface area contributed by atoms with Crippen molar-refractivity contribution in [2.24, 2.45) is 0 Å². The standard InChI is InChI=1S/C9H11N3/c1-8-4-2-5-9(11-8)12-7-3-6-10-12/h2-6,10H,7H2,1H3. The predicted molar refractivity (Wildman–Crippen MR) is 48.6 cm³/mol. The van der Waals surface area contributed by atoms with Crippen LogP contribution in [0.4, 0.5) is 5.82 Å². The summed E-state index contributed by atoms with van der Waals surface area (Å²) in [6.45, 7) is 2.88. The van der Waals surface area contributed by atoms with Crippen LogP contribution in [0.1, 0.15) is 5.69 Å². The van der Waals surface area contributed by atoms with Crippen LogP contribution in [-0.4, -0.2) is 11.5 Å². The maximum Gasteiger partial charge on any atom is 0.147 e. The minimum Gasteiger partial charge on any atom is -0.304 e. The first-order valence-electron chi connectivity index (χ1n) is 3.98. The lowest BCUT2D eigenvalue weighted by Gasteiger charge is -2.16. The minimum absolute atomic E-state index is 0.885. The van der Waals surface area contributed by atoms with Gasteiger partial charge in [0.25, 0.3) is 0 Å². The lowest BCUT2D eigenvalue weighted by atomic mass is 10.4. The molecule has 1 aliphatic rings. The third-order valence-electron chi connectivity index (χ3n) is 1.79. The molecule has 3 heteroatoms. The molecule has 0 unspecified atom stereocenters. The van der Waals surface area contributed by atoms with Gasteiger partial charge >= 0.3 is 0 Å². The molecular weight excluding hydrogens is 150 g/mol. The van der Waals surface area contributed by atoms with Gasteiger partial charge in [-0.05, 0) is 25.1 Å². The Morgan fingerprint density at radius 1 is 1.50 bits per heavy atom. The van der Waals surface area contributed by atoms with E-state index in [0.717, 1.165) is 18.1 Å². The van der Waals surface area contributed by atoms with E-state index in [1.54, 1.807) is 0 Å². The molecule has 0 radical (unpaired) electrons. The quantitative estimate of drug-likeness (QED) is 0.671. The molecule has 12 heavy (non-hydrogen) atoms. The van der Waals surface area contributed by atoms with Crippen molar-refractivity contribution in [2.75, 3.05) is 11.6 Å². The largest absolute Gasteiger partial charge is 0.304 e. The Morgan fingerprint density at radius 2 is 2.42 bits per heavy atom. The average molecular weight is 161 g/mol. The first-order chi connectivity index (χ1) is 5.86. The number of aryl methyl sites for hydroxylation is 1. The molecule has 0 fully saturated rings. The zero-order valence-corrected chi connectivity index (χ0v) is 6.99. The normalized spacial score (nSPS) is 14.9. The average Bonchev–Trinajstić information content (AvgIpc) is 2.56. The molecule has 62 valence electrons. The summed E-state index contributed by atoms with van der Waals surface area (Å²) >= 11 is 0. The summed E-state index contributed by atoms with van der Waals surface area (Å²) in [7, 11) is 0. The van der Waals surface area contributed by atoms with Gasteiger partial charge in [-0.3, -0.25) is 5.01 Å². The van der Waals surface area contributed by atoms with Gasteiger partial charge in [-0.1, -0.05) is 6.07 Å². The number of nitrogens with one attached hydrogen (secondary N) is 1. The van der Waals surface area contributed by atoms with Crippen molar-refractivity contribution in [3.63, 3.8) is 0 Å². The third kappa shape index (κ3) is 1.25. The Kier molecular flexibility index (Phi) is 1.70. The summed E-state index contributed by atoms with van der Waals surface area (Å²) < 4.78 is 0. The van der Waals surface area contributed by atoms with Crippen molar-refractivity contribution in [1.29, 1.82) is 0 Å². The Hall–Kier alpha value is -1.51. The topological polar surface area (TPSA) is 28.2 Å². The van der Waals surface area contributed by atoms with Gasteiger partial charge in [0.1, 0.15) is 5.82 Å². The van der Waals surface area contributed by atoms with Crippen LogP contribution in [-0.2, 0) is 0 Å². The van der Waals surface area contributed by atoms with Crippen LogP contribution >= 0.6 is 0 Å². The molecule has 0 amide bonds. The lowest BCUT2D eigenvalue weighted by molar-refractivity contribution is 0.817.